The SMILES string of the molecule is CN(C(=O)c1ccc(-c2ccc(Cl)cc2)c(COc2ccc(-c3nc4cc(C(=O)O)ccc4n3C3CCCCC3)cc2)c1)c1ccncc1.Cl.Cl. The fourth-order valence-corrected chi connectivity index (χ4v) is 6.77. The zero-order chi connectivity index (χ0) is 33.9. The van der Waals surface area contributed by atoms with Gasteiger partial charge in [-0.1, -0.05) is 49.1 Å². The van der Waals surface area contributed by atoms with Crippen LogP contribution in [0.2, 0.25) is 5.02 Å². The van der Waals surface area contributed by atoms with Gasteiger partial charge in [-0.25, -0.2) is 9.78 Å². The summed E-state index contributed by atoms with van der Waals surface area (Å²) in [6.45, 7) is 0.232. The topological polar surface area (TPSA) is 97.5 Å². The van der Waals surface area contributed by atoms with Gasteiger partial charge in [0.2, 0.25) is 0 Å². The molecule has 4 aromatic carbocycles. The Bertz CT molecular complexity index is 2130. The number of amides is 1. The number of anilines is 1. The van der Waals surface area contributed by atoms with Gasteiger partial charge in [0.25, 0.3) is 5.91 Å². The molecule has 0 bridgehead atoms. The Balaban J connectivity index is 0.00000252. The number of carbonyl (C=O) groups excluding carboxylic acids is 1. The Kier molecular flexibility index (Phi) is 12.0. The summed E-state index contributed by atoms with van der Waals surface area (Å²) in [6.07, 6.45) is 9.00. The number of ether oxygens (including phenoxy) is 1. The number of aromatic nitrogens is 3. The lowest BCUT2D eigenvalue weighted by Crippen LogP contribution is -2.26. The van der Waals surface area contributed by atoms with Gasteiger partial charge in [0.15, 0.2) is 0 Å². The summed E-state index contributed by atoms with van der Waals surface area (Å²) in [5.74, 6) is 0.387. The molecule has 11 heteroatoms. The molecule has 51 heavy (non-hydrogen) atoms. The second kappa shape index (κ2) is 16.4. The number of carbonyl (C=O) groups is 2. The summed E-state index contributed by atoms with van der Waals surface area (Å²) in [5, 5.41) is 10.2. The molecule has 1 saturated carbocycles. The molecule has 1 amide bonds. The van der Waals surface area contributed by atoms with E-state index in [1.807, 2.05) is 72.8 Å². The number of imidazole rings is 1. The number of nitrogens with zero attached hydrogens (tertiary/aromatic N) is 4. The lowest BCUT2D eigenvalue weighted by Gasteiger charge is -2.25. The third kappa shape index (κ3) is 8.04. The molecule has 2 heterocycles. The van der Waals surface area contributed by atoms with Crippen molar-refractivity contribution in [2.24, 2.45) is 0 Å². The minimum Gasteiger partial charge on any atom is -0.489 e. The summed E-state index contributed by atoms with van der Waals surface area (Å²) in [4.78, 5) is 35.8. The van der Waals surface area contributed by atoms with Crippen molar-refractivity contribution in [2.45, 2.75) is 44.8 Å². The van der Waals surface area contributed by atoms with E-state index in [2.05, 4.69) is 9.55 Å². The highest BCUT2D eigenvalue weighted by Crippen LogP contribution is 2.37. The smallest absolute Gasteiger partial charge is 0.335 e. The highest BCUT2D eigenvalue weighted by atomic mass is 35.5. The van der Waals surface area contributed by atoms with Gasteiger partial charge in [0.05, 0.1) is 16.6 Å². The molecule has 0 radical (unpaired) electrons. The molecule has 8 nitrogen and oxygen atoms in total. The summed E-state index contributed by atoms with van der Waals surface area (Å²) < 4.78 is 8.64. The second-order valence-electron chi connectivity index (χ2n) is 12.4. The number of carboxylic acid groups (broad SMARTS) is 1. The van der Waals surface area contributed by atoms with E-state index in [1.54, 1.807) is 48.6 Å². The Morgan fingerprint density at radius 3 is 2.20 bits per heavy atom. The third-order valence-electron chi connectivity index (χ3n) is 9.25. The fraction of sp³-hybridized carbons (Fsp3) is 0.200. The average molecular weight is 744 g/mol. The van der Waals surface area contributed by atoms with Crippen molar-refractivity contribution in [3.8, 4) is 28.3 Å². The summed E-state index contributed by atoms with van der Waals surface area (Å²) in [7, 11) is 1.75. The molecular formula is C40H37Cl3N4O4. The molecule has 7 rings (SSSR count). The van der Waals surface area contributed by atoms with Gasteiger partial charge in [-0.3, -0.25) is 9.78 Å². The van der Waals surface area contributed by atoms with Crippen LogP contribution in [0.5, 0.6) is 5.75 Å². The molecule has 1 fully saturated rings. The van der Waals surface area contributed by atoms with Crippen LogP contribution in [0.1, 0.15) is 64.4 Å². The Hall–Kier alpha value is -4.89. The van der Waals surface area contributed by atoms with Crippen LogP contribution in [-0.4, -0.2) is 38.6 Å². The predicted octanol–water partition coefficient (Wildman–Crippen LogP) is 10.3. The van der Waals surface area contributed by atoms with E-state index in [4.69, 9.17) is 21.3 Å². The van der Waals surface area contributed by atoms with Crippen LogP contribution in [0, 0.1) is 0 Å². The predicted molar refractivity (Wildman–Crippen MR) is 207 cm³/mol. The van der Waals surface area contributed by atoms with Gasteiger partial charge in [-0.15, -0.1) is 24.8 Å². The van der Waals surface area contributed by atoms with Crippen molar-refractivity contribution in [3.05, 3.63) is 131 Å². The first-order valence-corrected chi connectivity index (χ1v) is 16.8. The maximum Gasteiger partial charge on any atom is 0.335 e. The Morgan fingerprint density at radius 1 is 0.843 bits per heavy atom. The fourth-order valence-electron chi connectivity index (χ4n) is 6.64. The van der Waals surface area contributed by atoms with Gasteiger partial charge in [-0.05, 0) is 108 Å². The van der Waals surface area contributed by atoms with E-state index in [1.165, 1.54) is 6.42 Å². The number of rotatable bonds is 9. The lowest BCUT2D eigenvalue weighted by atomic mass is 9.95. The summed E-state index contributed by atoms with van der Waals surface area (Å²) >= 11 is 6.18. The number of hydrogen-bond donors (Lipinski definition) is 1. The van der Waals surface area contributed by atoms with Crippen LogP contribution in [0.4, 0.5) is 5.69 Å². The van der Waals surface area contributed by atoms with Crippen molar-refractivity contribution in [2.75, 3.05) is 11.9 Å². The zero-order valence-corrected chi connectivity index (χ0v) is 30.3. The number of hydrogen-bond acceptors (Lipinski definition) is 5. The molecule has 1 aliphatic rings. The Morgan fingerprint density at radius 2 is 1.51 bits per heavy atom. The van der Waals surface area contributed by atoms with Gasteiger partial charge >= 0.3 is 5.97 Å². The van der Waals surface area contributed by atoms with Crippen molar-refractivity contribution in [1.29, 1.82) is 0 Å². The third-order valence-corrected chi connectivity index (χ3v) is 9.50. The van der Waals surface area contributed by atoms with E-state index < -0.39 is 5.97 Å². The summed E-state index contributed by atoms with van der Waals surface area (Å²) in [6, 6.07) is 30.2. The van der Waals surface area contributed by atoms with Crippen LogP contribution in [0.3, 0.4) is 0 Å². The first kappa shape index (κ1) is 37.4. The zero-order valence-electron chi connectivity index (χ0n) is 27.9. The second-order valence-corrected chi connectivity index (χ2v) is 12.8. The largest absolute Gasteiger partial charge is 0.489 e. The van der Waals surface area contributed by atoms with E-state index in [-0.39, 0.29) is 42.9 Å². The van der Waals surface area contributed by atoms with Gasteiger partial charge in [-0.2, -0.15) is 0 Å². The number of carboxylic acids is 1. The number of pyridine rings is 1. The summed E-state index contributed by atoms with van der Waals surface area (Å²) in [5.41, 5.74) is 6.84. The van der Waals surface area contributed by atoms with E-state index in [9.17, 15) is 14.7 Å². The van der Waals surface area contributed by atoms with Crippen molar-refractivity contribution in [1.82, 2.24) is 14.5 Å². The van der Waals surface area contributed by atoms with Crippen LogP contribution >= 0.6 is 36.4 Å². The average Bonchev–Trinajstić information content (AvgIpc) is 3.53. The number of fused-ring (bicyclic) bond motifs is 1. The Labute approximate surface area is 313 Å². The molecule has 0 aliphatic heterocycles. The maximum atomic E-state index is 13.5. The molecule has 1 N–H and O–H groups in total. The van der Waals surface area contributed by atoms with Crippen molar-refractivity contribution >= 4 is 65.0 Å². The highest BCUT2D eigenvalue weighted by molar-refractivity contribution is 6.30. The quantitative estimate of drug-likeness (QED) is 0.158. The number of aromatic carboxylic acids is 1. The minimum absolute atomic E-state index is 0. The molecule has 2 aromatic heterocycles. The van der Waals surface area contributed by atoms with E-state index in [0.29, 0.717) is 27.9 Å². The first-order valence-electron chi connectivity index (χ1n) is 16.4. The minimum atomic E-state index is -0.966. The van der Waals surface area contributed by atoms with Gasteiger partial charge in [0.1, 0.15) is 18.2 Å². The lowest BCUT2D eigenvalue weighted by molar-refractivity contribution is 0.0696. The molecule has 0 atom stereocenters. The van der Waals surface area contributed by atoms with Crippen LogP contribution in [-0.2, 0) is 6.61 Å². The van der Waals surface area contributed by atoms with E-state index >= 15 is 0 Å². The molecule has 0 saturated heterocycles. The number of benzene rings is 4. The monoisotopic (exact) mass is 742 g/mol. The molecule has 6 aromatic rings. The van der Waals surface area contributed by atoms with Crippen LogP contribution < -0.4 is 9.64 Å². The van der Waals surface area contributed by atoms with Crippen molar-refractivity contribution in [3.63, 3.8) is 0 Å². The maximum absolute atomic E-state index is 13.5. The first-order chi connectivity index (χ1) is 23.9. The normalized spacial score (nSPS) is 12.8. The van der Waals surface area contributed by atoms with Gasteiger partial charge < -0.3 is 19.3 Å². The van der Waals surface area contributed by atoms with Gasteiger partial charge in [0, 0.05) is 47.3 Å². The van der Waals surface area contributed by atoms with Crippen molar-refractivity contribution < 1.29 is 19.4 Å². The van der Waals surface area contributed by atoms with Crippen LogP contribution in [0.25, 0.3) is 33.5 Å². The molecule has 0 unspecified atom stereocenters. The van der Waals surface area contributed by atoms with Crippen LogP contribution in [0.15, 0.2) is 109 Å². The van der Waals surface area contributed by atoms with E-state index in [0.717, 1.165) is 65.0 Å². The molecule has 1 aliphatic carbocycles. The molecular weight excluding hydrogens is 707 g/mol. The highest BCUT2D eigenvalue weighted by Gasteiger charge is 2.23. The number of halogens is 3. The molecule has 0 spiro atoms. The standard InChI is InChI=1S/C40H35ClN4O4.2ClH/c1-44(32-19-21-42-22-20-32)39(46)28-11-17-35(26-7-13-31(41)14-8-26)30(23-28)25-49-34-15-9-27(10-16-34)38-43-36-24-29(40(47)48)12-18-37(36)45(38)33-5-3-2-4-6-33;;/h7-24,33H,2-6,25H2,1H3,(H,47,48);2*1H. The molecule has 262 valence electrons.